The predicted octanol–water partition coefficient (Wildman–Crippen LogP) is 1.97. The highest BCUT2D eigenvalue weighted by atomic mass is 32.2. The van der Waals surface area contributed by atoms with Gasteiger partial charge in [-0.05, 0) is 12.8 Å². The van der Waals surface area contributed by atoms with Crippen LogP contribution in [0.2, 0.25) is 0 Å². The lowest BCUT2D eigenvalue weighted by Crippen LogP contribution is -2.17. The van der Waals surface area contributed by atoms with Crippen molar-refractivity contribution in [1.29, 1.82) is 0 Å². The highest BCUT2D eigenvalue weighted by Gasteiger charge is 2.19. The van der Waals surface area contributed by atoms with Crippen LogP contribution in [0.25, 0.3) is 0 Å². The zero-order chi connectivity index (χ0) is 14.1. The molecule has 0 saturated carbocycles. The van der Waals surface area contributed by atoms with Gasteiger partial charge in [0.05, 0.1) is 11.5 Å². The van der Waals surface area contributed by atoms with Crippen LogP contribution in [0.15, 0.2) is 0 Å². The van der Waals surface area contributed by atoms with Crippen molar-refractivity contribution < 1.29 is 25.5 Å². The van der Waals surface area contributed by atoms with Crippen molar-refractivity contribution in [2.24, 2.45) is 0 Å². The molecule has 6 nitrogen and oxygen atoms in total. The average molecular weight is 302 g/mol. The Labute approximate surface area is 110 Å². The molecule has 0 fully saturated rings. The molecule has 0 spiro atoms. The van der Waals surface area contributed by atoms with Crippen molar-refractivity contribution in [3.63, 3.8) is 0 Å². The van der Waals surface area contributed by atoms with E-state index in [0.29, 0.717) is 12.8 Å². The van der Waals surface area contributed by atoms with E-state index in [1.54, 1.807) is 0 Å². The molecule has 8 heteroatoms. The third-order valence-corrected chi connectivity index (χ3v) is 4.45. The van der Waals surface area contributed by atoms with Crippen LogP contribution in [0.3, 0.4) is 0 Å². The molecule has 0 rings (SSSR count). The van der Waals surface area contributed by atoms with Crippen LogP contribution < -0.4 is 0 Å². The summed E-state index contributed by atoms with van der Waals surface area (Å²) in [6.07, 6.45) is 4.07. The smallest absolute Gasteiger partial charge is 0.197 e. The Kier molecular flexibility index (Phi) is 8.75. The van der Waals surface area contributed by atoms with Gasteiger partial charge in [-0.3, -0.25) is 0 Å². The molecule has 18 heavy (non-hydrogen) atoms. The molecule has 0 aliphatic rings. The summed E-state index contributed by atoms with van der Waals surface area (Å²) in [5.74, 6) is -0.462. The van der Waals surface area contributed by atoms with E-state index in [9.17, 15) is 16.8 Å². The highest BCUT2D eigenvalue weighted by Crippen LogP contribution is 2.07. The van der Waals surface area contributed by atoms with E-state index in [4.69, 9.17) is 0 Å². The van der Waals surface area contributed by atoms with E-state index in [1.807, 2.05) is 13.8 Å². The third kappa shape index (κ3) is 9.81. The minimum absolute atomic E-state index is 0.231. The second-order valence-electron chi connectivity index (χ2n) is 4.07. The Morgan fingerprint density at radius 1 is 0.667 bits per heavy atom. The SMILES string of the molecule is CCCCCS(=O)(=O)OOS(=O)(=O)CCCCC. The first kappa shape index (κ1) is 17.8. The Balaban J connectivity index is 4.05. The van der Waals surface area contributed by atoms with Crippen LogP contribution in [0.1, 0.15) is 52.4 Å². The number of hydrogen-bond acceptors (Lipinski definition) is 6. The fourth-order valence-electron chi connectivity index (χ4n) is 1.21. The first-order valence-corrected chi connectivity index (χ1v) is 9.31. The molecule has 0 aromatic rings. The van der Waals surface area contributed by atoms with Crippen LogP contribution in [-0.4, -0.2) is 28.3 Å². The quantitative estimate of drug-likeness (QED) is 0.329. The summed E-state index contributed by atoms with van der Waals surface area (Å²) < 4.78 is 53.2. The van der Waals surface area contributed by atoms with Crippen molar-refractivity contribution >= 4 is 20.2 Å². The van der Waals surface area contributed by atoms with Crippen molar-refractivity contribution in [3.8, 4) is 0 Å². The molecule has 0 atom stereocenters. The minimum Gasteiger partial charge on any atom is -0.197 e. The lowest BCUT2D eigenvalue weighted by molar-refractivity contribution is -0.0850. The Hall–Kier alpha value is -0.180. The molecule has 110 valence electrons. The van der Waals surface area contributed by atoms with Gasteiger partial charge < -0.3 is 0 Å². The second-order valence-corrected chi connectivity index (χ2v) is 7.39. The predicted molar refractivity (Wildman–Crippen MR) is 68.8 cm³/mol. The summed E-state index contributed by atoms with van der Waals surface area (Å²) in [7, 11) is -7.84. The van der Waals surface area contributed by atoms with Crippen LogP contribution >= 0.6 is 0 Å². The van der Waals surface area contributed by atoms with Crippen molar-refractivity contribution in [3.05, 3.63) is 0 Å². The molecule has 0 aromatic heterocycles. The first-order valence-electron chi connectivity index (χ1n) is 6.16. The fraction of sp³-hybridized carbons (Fsp3) is 1.00. The summed E-state index contributed by atoms with van der Waals surface area (Å²) in [6, 6.07) is 0. The summed E-state index contributed by atoms with van der Waals surface area (Å²) in [4.78, 5) is 0. The molecule has 0 saturated heterocycles. The van der Waals surface area contributed by atoms with E-state index in [-0.39, 0.29) is 11.5 Å². The van der Waals surface area contributed by atoms with Crippen molar-refractivity contribution in [1.82, 2.24) is 0 Å². The molecule has 0 radical (unpaired) electrons. The van der Waals surface area contributed by atoms with Gasteiger partial charge in [0.15, 0.2) is 0 Å². The van der Waals surface area contributed by atoms with Crippen LogP contribution in [0.5, 0.6) is 0 Å². The van der Waals surface area contributed by atoms with Gasteiger partial charge in [-0.1, -0.05) is 48.2 Å². The van der Waals surface area contributed by atoms with Gasteiger partial charge in [0.1, 0.15) is 0 Å². The van der Waals surface area contributed by atoms with Gasteiger partial charge >= 0.3 is 0 Å². The van der Waals surface area contributed by atoms with E-state index in [1.165, 1.54) is 0 Å². The van der Waals surface area contributed by atoms with Gasteiger partial charge in [-0.25, -0.2) is 0 Å². The number of hydrogen-bond donors (Lipinski definition) is 0. The normalized spacial score (nSPS) is 12.8. The molecular weight excluding hydrogens is 280 g/mol. The monoisotopic (exact) mass is 302 g/mol. The lowest BCUT2D eigenvalue weighted by atomic mass is 10.3. The van der Waals surface area contributed by atoms with Crippen LogP contribution in [0, 0.1) is 0 Å². The van der Waals surface area contributed by atoms with Crippen molar-refractivity contribution in [2.45, 2.75) is 52.4 Å². The molecule has 0 unspecified atom stereocenters. The van der Waals surface area contributed by atoms with Crippen molar-refractivity contribution in [2.75, 3.05) is 11.5 Å². The number of unbranched alkanes of at least 4 members (excludes halogenated alkanes) is 4. The molecule has 0 aliphatic carbocycles. The maximum atomic E-state index is 11.3. The van der Waals surface area contributed by atoms with Gasteiger partial charge in [0, 0.05) is 0 Å². The number of rotatable bonds is 11. The average Bonchev–Trinajstić information content (AvgIpc) is 2.27. The van der Waals surface area contributed by atoms with Gasteiger partial charge in [0.2, 0.25) is 0 Å². The lowest BCUT2D eigenvalue weighted by Gasteiger charge is -2.05. The maximum Gasteiger partial charge on any atom is 0.294 e. The van der Waals surface area contributed by atoms with Crippen LogP contribution in [0.4, 0.5) is 0 Å². The molecule has 0 amide bonds. The minimum atomic E-state index is -3.92. The van der Waals surface area contributed by atoms with E-state index in [0.717, 1.165) is 25.7 Å². The summed E-state index contributed by atoms with van der Waals surface area (Å²) in [5.41, 5.74) is 0. The van der Waals surface area contributed by atoms with E-state index in [2.05, 4.69) is 8.67 Å². The standard InChI is InChI=1S/C10H22O6S2/c1-3-5-7-9-17(11,12)15-16-18(13,14)10-8-6-4-2/h3-10H2,1-2H3. The maximum absolute atomic E-state index is 11.3. The second kappa shape index (κ2) is 8.84. The van der Waals surface area contributed by atoms with Gasteiger partial charge in [-0.15, -0.1) is 0 Å². The Bertz CT molecular complexity index is 358. The zero-order valence-corrected chi connectivity index (χ0v) is 12.6. The van der Waals surface area contributed by atoms with Gasteiger partial charge in [-0.2, -0.15) is 16.8 Å². The largest absolute Gasteiger partial charge is 0.294 e. The third-order valence-electron chi connectivity index (χ3n) is 2.23. The molecule has 0 N–H and O–H groups in total. The first-order chi connectivity index (χ1) is 8.33. The Morgan fingerprint density at radius 2 is 1.00 bits per heavy atom. The highest BCUT2D eigenvalue weighted by molar-refractivity contribution is 7.88. The van der Waals surface area contributed by atoms with E-state index >= 15 is 0 Å². The summed E-state index contributed by atoms with van der Waals surface area (Å²) in [5, 5.41) is 0. The molecule has 0 bridgehead atoms. The molecule has 0 aliphatic heterocycles. The summed E-state index contributed by atoms with van der Waals surface area (Å²) in [6.45, 7) is 3.87. The van der Waals surface area contributed by atoms with E-state index < -0.39 is 20.2 Å². The zero-order valence-electron chi connectivity index (χ0n) is 10.9. The summed E-state index contributed by atoms with van der Waals surface area (Å²) >= 11 is 0. The fourth-order valence-corrected chi connectivity index (χ4v) is 3.14. The molecule has 0 aromatic carbocycles. The Morgan fingerprint density at radius 3 is 1.28 bits per heavy atom. The van der Waals surface area contributed by atoms with Crippen LogP contribution in [-0.2, 0) is 28.9 Å². The topological polar surface area (TPSA) is 86.7 Å². The van der Waals surface area contributed by atoms with Gasteiger partial charge in [0.25, 0.3) is 20.2 Å². The molecule has 0 heterocycles. The molecular formula is C10H22O6S2.